The van der Waals surface area contributed by atoms with Crippen LogP contribution in [0.5, 0.6) is 0 Å². The number of unbranched alkanes of at least 4 members (excludes halogenated alkanes) is 13. The molecule has 24 heavy (non-hydrogen) atoms. The third kappa shape index (κ3) is 13.6. The summed E-state index contributed by atoms with van der Waals surface area (Å²) < 4.78 is 0. The Morgan fingerprint density at radius 2 is 1.04 bits per heavy atom. The van der Waals surface area contributed by atoms with Crippen molar-refractivity contribution in [1.29, 1.82) is 0 Å². The average Bonchev–Trinajstić information content (AvgIpc) is 2.62. The Morgan fingerprint density at radius 3 is 1.54 bits per heavy atom. The molecule has 0 saturated heterocycles. The van der Waals surface area contributed by atoms with Crippen molar-refractivity contribution in [3.05, 3.63) is 35.9 Å². The summed E-state index contributed by atoms with van der Waals surface area (Å²) in [4.78, 5) is 0. The van der Waals surface area contributed by atoms with Crippen molar-refractivity contribution in [2.24, 2.45) is 0 Å². The van der Waals surface area contributed by atoms with E-state index in [9.17, 15) is 0 Å². The summed E-state index contributed by atoms with van der Waals surface area (Å²) in [5.41, 5.74) is 1.39. The number of nitrogens with one attached hydrogen (secondary N) is 1. The highest BCUT2D eigenvalue weighted by Crippen LogP contribution is 2.12. The smallest absolute Gasteiger partial charge is 0.0205 e. The largest absolute Gasteiger partial charge is 0.313 e. The standard InChI is InChI=1S/C23H41N/c1-2-3-4-5-6-7-8-9-10-11-12-13-14-18-21-24-22-23-19-16-15-17-20-23/h15-17,19-20,24H,2-14,18,21-22H2,1H3. The molecule has 0 saturated carbocycles. The molecule has 1 N–H and O–H groups in total. The molecule has 1 aromatic rings. The molecule has 1 rings (SSSR count). The summed E-state index contributed by atoms with van der Waals surface area (Å²) in [6.07, 6.45) is 20.1. The van der Waals surface area contributed by atoms with Crippen molar-refractivity contribution in [2.45, 2.75) is 103 Å². The van der Waals surface area contributed by atoms with Crippen LogP contribution in [0.15, 0.2) is 30.3 Å². The SMILES string of the molecule is CCCCCCCCCCCCCCCCNCc1ccccc1. The molecule has 0 amide bonds. The van der Waals surface area contributed by atoms with Gasteiger partial charge in [-0.15, -0.1) is 0 Å². The van der Waals surface area contributed by atoms with E-state index in [0.717, 1.165) is 13.1 Å². The summed E-state index contributed by atoms with van der Waals surface area (Å²) in [6.45, 7) is 4.47. The van der Waals surface area contributed by atoms with Crippen molar-refractivity contribution in [3.8, 4) is 0 Å². The molecule has 0 radical (unpaired) electrons. The van der Waals surface area contributed by atoms with Crippen LogP contribution in [0.1, 0.15) is 102 Å². The van der Waals surface area contributed by atoms with Crippen LogP contribution in [0.3, 0.4) is 0 Å². The molecular formula is C23H41N. The van der Waals surface area contributed by atoms with E-state index in [1.165, 1.54) is 95.5 Å². The molecule has 0 aliphatic rings. The number of hydrogen-bond acceptors (Lipinski definition) is 1. The first-order valence-electron chi connectivity index (χ1n) is 10.7. The van der Waals surface area contributed by atoms with Gasteiger partial charge in [0.05, 0.1) is 0 Å². The summed E-state index contributed by atoms with van der Waals surface area (Å²) in [5, 5.41) is 3.55. The van der Waals surface area contributed by atoms with Gasteiger partial charge in [-0.2, -0.15) is 0 Å². The lowest BCUT2D eigenvalue weighted by Gasteiger charge is -2.05. The lowest BCUT2D eigenvalue weighted by Crippen LogP contribution is -2.14. The van der Waals surface area contributed by atoms with Crippen molar-refractivity contribution >= 4 is 0 Å². The zero-order chi connectivity index (χ0) is 17.1. The van der Waals surface area contributed by atoms with Crippen molar-refractivity contribution < 1.29 is 0 Å². The monoisotopic (exact) mass is 331 g/mol. The van der Waals surface area contributed by atoms with E-state index < -0.39 is 0 Å². The number of benzene rings is 1. The van der Waals surface area contributed by atoms with Crippen LogP contribution in [0.25, 0.3) is 0 Å². The summed E-state index contributed by atoms with van der Waals surface area (Å²) in [5.74, 6) is 0. The maximum Gasteiger partial charge on any atom is 0.0205 e. The van der Waals surface area contributed by atoms with Gasteiger partial charge >= 0.3 is 0 Å². The molecule has 0 bridgehead atoms. The zero-order valence-corrected chi connectivity index (χ0v) is 16.2. The summed E-state index contributed by atoms with van der Waals surface area (Å²) in [7, 11) is 0. The zero-order valence-electron chi connectivity index (χ0n) is 16.2. The predicted molar refractivity (Wildman–Crippen MR) is 108 cm³/mol. The predicted octanol–water partition coefficient (Wildman–Crippen LogP) is 7.26. The molecule has 1 aromatic carbocycles. The number of hydrogen-bond donors (Lipinski definition) is 1. The van der Waals surface area contributed by atoms with Gasteiger partial charge in [-0.25, -0.2) is 0 Å². The van der Waals surface area contributed by atoms with Crippen molar-refractivity contribution in [2.75, 3.05) is 6.54 Å². The molecule has 0 fully saturated rings. The fourth-order valence-corrected chi connectivity index (χ4v) is 3.27. The Balaban J connectivity index is 1.70. The Bertz CT molecular complexity index is 346. The maximum absolute atomic E-state index is 3.55. The topological polar surface area (TPSA) is 12.0 Å². The van der Waals surface area contributed by atoms with Gasteiger partial charge in [-0.05, 0) is 18.5 Å². The minimum Gasteiger partial charge on any atom is -0.313 e. The molecule has 0 unspecified atom stereocenters. The Morgan fingerprint density at radius 1 is 0.583 bits per heavy atom. The van der Waals surface area contributed by atoms with Gasteiger partial charge in [0.15, 0.2) is 0 Å². The fourth-order valence-electron chi connectivity index (χ4n) is 3.27. The number of rotatable bonds is 17. The van der Waals surface area contributed by atoms with Crippen LogP contribution >= 0.6 is 0 Å². The van der Waals surface area contributed by atoms with E-state index in [1.54, 1.807) is 0 Å². The summed E-state index contributed by atoms with van der Waals surface area (Å²) in [6, 6.07) is 10.7. The molecule has 138 valence electrons. The highest BCUT2D eigenvalue weighted by molar-refractivity contribution is 5.14. The molecule has 0 heterocycles. The summed E-state index contributed by atoms with van der Waals surface area (Å²) >= 11 is 0. The van der Waals surface area contributed by atoms with Gasteiger partial charge in [-0.1, -0.05) is 121 Å². The maximum atomic E-state index is 3.55. The molecule has 0 spiro atoms. The lowest BCUT2D eigenvalue weighted by molar-refractivity contribution is 0.529. The molecule has 1 nitrogen and oxygen atoms in total. The molecule has 0 aliphatic carbocycles. The third-order valence-corrected chi connectivity index (χ3v) is 4.88. The van der Waals surface area contributed by atoms with E-state index in [4.69, 9.17) is 0 Å². The minimum absolute atomic E-state index is 1.01. The normalized spacial score (nSPS) is 11.0. The Hall–Kier alpha value is -0.820. The van der Waals surface area contributed by atoms with Crippen LogP contribution in [0, 0.1) is 0 Å². The van der Waals surface area contributed by atoms with Gasteiger partial charge in [-0.3, -0.25) is 0 Å². The van der Waals surface area contributed by atoms with Gasteiger partial charge in [0.2, 0.25) is 0 Å². The second-order valence-corrected chi connectivity index (χ2v) is 7.26. The van der Waals surface area contributed by atoms with Crippen LogP contribution in [0.4, 0.5) is 0 Å². The lowest BCUT2D eigenvalue weighted by atomic mass is 10.0. The fraction of sp³-hybridized carbons (Fsp3) is 0.739. The third-order valence-electron chi connectivity index (χ3n) is 4.88. The molecule has 1 heteroatoms. The van der Waals surface area contributed by atoms with Gasteiger partial charge in [0, 0.05) is 6.54 Å². The van der Waals surface area contributed by atoms with Gasteiger partial charge in [0.25, 0.3) is 0 Å². The van der Waals surface area contributed by atoms with Gasteiger partial charge < -0.3 is 5.32 Å². The quantitative estimate of drug-likeness (QED) is 0.296. The highest BCUT2D eigenvalue weighted by atomic mass is 14.8. The van der Waals surface area contributed by atoms with Crippen LogP contribution in [0.2, 0.25) is 0 Å². The molecule has 0 atom stereocenters. The van der Waals surface area contributed by atoms with E-state index in [-0.39, 0.29) is 0 Å². The first-order chi connectivity index (χ1) is 11.9. The molecule has 0 aliphatic heterocycles. The second kappa shape index (κ2) is 17.0. The average molecular weight is 332 g/mol. The molecular weight excluding hydrogens is 290 g/mol. The van der Waals surface area contributed by atoms with E-state index in [0.29, 0.717) is 0 Å². The highest BCUT2D eigenvalue weighted by Gasteiger charge is 1.95. The first kappa shape index (κ1) is 21.2. The van der Waals surface area contributed by atoms with E-state index >= 15 is 0 Å². The van der Waals surface area contributed by atoms with Crippen LogP contribution in [-0.4, -0.2) is 6.54 Å². The molecule has 0 aromatic heterocycles. The van der Waals surface area contributed by atoms with Crippen LogP contribution < -0.4 is 5.32 Å². The van der Waals surface area contributed by atoms with Gasteiger partial charge in [0.1, 0.15) is 0 Å². The van der Waals surface area contributed by atoms with E-state index in [1.807, 2.05) is 0 Å². The van der Waals surface area contributed by atoms with E-state index in [2.05, 4.69) is 42.6 Å². The minimum atomic E-state index is 1.01. The Labute approximate surface area is 151 Å². The van der Waals surface area contributed by atoms with Crippen molar-refractivity contribution in [1.82, 2.24) is 5.32 Å². The second-order valence-electron chi connectivity index (χ2n) is 7.26. The first-order valence-corrected chi connectivity index (χ1v) is 10.7. The van der Waals surface area contributed by atoms with Crippen molar-refractivity contribution in [3.63, 3.8) is 0 Å². The Kier molecular flexibility index (Phi) is 15.0. The van der Waals surface area contributed by atoms with Crippen LogP contribution in [-0.2, 0) is 6.54 Å².